The smallest absolute Gasteiger partial charge is 0.309 e. The third-order valence-electron chi connectivity index (χ3n) is 1.95. The van der Waals surface area contributed by atoms with Crippen LogP contribution in [0, 0.1) is 11.8 Å². The highest BCUT2D eigenvalue weighted by Gasteiger charge is 2.25. The lowest BCUT2D eigenvalue weighted by molar-refractivity contribution is -0.161. The average molecular weight is 186 g/mol. The van der Waals surface area contributed by atoms with E-state index in [0.29, 0.717) is 5.92 Å². The molecule has 0 saturated carbocycles. The molecule has 0 aliphatic heterocycles. The lowest BCUT2D eigenvalue weighted by Crippen LogP contribution is -2.30. The van der Waals surface area contributed by atoms with E-state index in [2.05, 4.69) is 13.8 Å². The first-order chi connectivity index (χ1) is 5.78. The van der Waals surface area contributed by atoms with Gasteiger partial charge in [-0.15, -0.1) is 0 Å². The third kappa shape index (κ3) is 4.91. The predicted molar refractivity (Wildman–Crippen MR) is 54.5 cm³/mol. The van der Waals surface area contributed by atoms with Gasteiger partial charge in [-0.3, -0.25) is 4.79 Å². The molecule has 0 radical (unpaired) electrons. The Labute approximate surface area is 81.7 Å². The Kier molecular flexibility index (Phi) is 4.45. The summed E-state index contributed by atoms with van der Waals surface area (Å²) in [5, 5.41) is 0. The van der Waals surface area contributed by atoms with E-state index >= 15 is 0 Å². The van der Waals surface area contributed by atoms with E-state index in [0.717, 1.165) is 6.42 Å². The van der Waals surface area contributed by atoms with Crippen LogP contribution < -0.4 is 0 Å². The Morgan fingerprint density at radius 3 is 2.00 bits per heavy atom. The molecular weight excluding hydrogens is 164 g/mol. The van der Waals surface area contributed by atoms with Crippen molar-refractivity contribution in [2.45, 2.75) is 53.6 Å². The Hall–Kier alpha value is -0.530. The second-order valence-electron chi connectivity index (χ2n) is 4.79. The lowest BCUT2D eigenvalue weighted by atomic mass is 9.93. The summed E-state index contributed by atoms with van der Waals surface area (Å²) in [6, 6.07) is 0. The standard InChI is InChI=1S/C11H22O2/c1-7-9(8(2)3)10(12)13-11(4,5)6/h8-9H,7H2,1-6H3/t9-/m1/s1. The fraction of sp³-hybridized carbons (Fsp3) is 0.909. The van der Waals surface area contributed by atoms with Gasteiger partial charge in [0.25, 0.3) is 0 Å². The number of hydrogen-bond donors (Lipinski definition) is 0. The predicted octanol–water partition coefficient (Wildman–Crippen LogP) is 3.01. The van der Waals surface area contributed by atoms with Crippen LogP contribution in [-0.2, 0) is 9.53 Å². The summed E-state index contributed by atoms with van der Waals surface area (Å²) in [5.41, 5.74) is -0.362. The molecule has 0 fully saturated rings. The summed E-state index contributed by atoms with van der Waals surface area (Å²) >= 11 is 0. The van der Waals surface area contributed by atoms with Gasteiger partial charge < -0.3 is 4.74 Å². The number of carbonyl (C=O) groups is 1. The summed E-state index contributed by atoms with van der Waals surface area (Å²) in [5.74, 6) is 0.337. The van der Waals surface area contributed by atoms with E-state index in [4.69, 9.17) is 4.74 Å². The summed E-state index contributed by atoms with van der Waals surface area (Å²) in [7, 11) is 0. The molecule has 78 valence electrons. The minimum absolute atomic E-state index is 0.0409. The molecule has 0 N–H and O–H groups in total. The maximum absolute atomic E-state index is 11.6. The summed E-state index contributed by atoms with van der Waals surface area (Å²) < 4.78 is 5.31. The van der Waals surface area contributed by atoms with E-state index in [9.17, 15) is 4.79 Å². The highest BCUT2D eigenvalue weighted by Crippen LogP contribution is 2.19. The number of esters is 1. The van der Waals surface area contributed by atoms with Crippen LogP contribution in [0.4, 0.5) is 0 Å². The first-order valence-electron chi connectivity index (χ1n) is 5.00. The van der Waals surface area contributed by atoms with Gasteiger partial charge in [-0.25, -0.2) is 0 Å². The van der Waals surface area contributed by atoms with Gasteiger partial charge in [0.1, 0.15) is 5.60 Å². The van der Waals surface area contributed by atoms with E-state index in [-0.39, 0.29) is 17.5 Å². The molecule has 0 aromatic carbocycles. The van der Waals surface area contributed by atoms with Crippen molar-refractivity contribution in [1.82, 2.24) is 0 Å². The Morgan fingerprint density at radius 1 is 1.31 bits per heavy atom. The van der Waals surface area contributed by atoms with Gasteiger partial charge >= 0.3 is 5.97 Å². The number of carbonyl (C=O) groups excluding carboxylic acids is 1. The zero-order chi connectivity index (χ0) is 10.6. The molecule has 13 heavy (non-hydrogen) atoms. The molecule has 0 heterocycles. The van der Waals surface area contributed by atoms with Crippen molar-refractivity contribution in [2.75, 3.05) is 0 Å². The molecule has 1 atom stereocenters. The fourth-order valence-corrected chi connectivity index (χ4v) is 1.29. The molecule has 0 rings (SSSR count). The quantitative estimate of drug-likeness (QED) is 0.633. The monoisotopic (exact) mass is 186 g/mol. The topological polar surface area (TPSA) is 26.3 Å². The highest BCUT2D eigenvalue weighted by atomic mass is 16.6. The summed E-state index contributed by atoms with van der Waals surface area (Å²) in [6.45, 7) is 11.8. The molecule has 0 spiro atoms. The first kappa shape index (κ1) is 12.5. The van der Waals surface area contributed by atoms with E-state index in [1.54, 1.807) is 0 Å². The van der Waals surface area contributed by atoms with Crippen molar-refractivity contribution in [3.63, 3.8) is 0 Å². The van der Waals surface area contributed by atoms with Crippen LogP contribution in [0.5, 0.6) is 0 Å². The molecule has 0 aliphatic rings. The highest BCUT2D eigenvalue weighted by molar-refractivity contribution is 5.73. The first-order valence-corrected chi connectivity index (χ1v) is 5.00. The van der Waals surface area contributed by atoms with Crippen LogP contribution in [0.2, 0.25) is 0 Å². The zero-order valence-electron chi connectivity index (χ0n) is 9.68. The van der Waals surface area contributed by atoms with E-state index in [1.165, 1.54) is 0 Å². The third-order valence-corrected chi connectivity index (χ3v) is 1.95. The molecule has 0 aromatic heterocycles. The Balaban J connectivity index is 4.23. The second-order valence-corrected chi connectivity index (χ2v) is 4.79. The van der Waals surface area contributed by atoms with Crippen LogP contribution in [-0.4, -0.2) is 11.6 Å². The van der Waals surface area contributed by atoms with E-state index in [1.807, 2.05) is 27.7 Å². The molecular formula is C11H22O2. The van der Waals surface area contributed by atoms with Crippen molar-refractivity contribution in [1.29, 1.82) is 0 Å². The van der Waals surface area contributed by atoms with Crippen molar-refractivity contribution in [3.05, 3.63) is 0 Å². The number of hydrogen-bond acceptors (Lipinski definition) is 2. The minimum atomic E-state index is -0.362. The van der Waals surface area contributed by atoms with Crippen molar-refractivity contribution in [2.24, 2.45) is 11.8 Å². The normalized spacial score (nSPS) is 14.4. The molecule has 0 unspecified atom stereocenters. The molecule has 0 saturated heterocycles. The molecule has 0 amide bonds. The van der Waals surface area contributed by atoms with Gasteiger partial charge in [-0.05, 0) is 33.1 Å². The van der Waals surface area contributed by atoms with E-state index < -0.39 is 0 Å². The maximum Gasteiger partial charge on any atom is 0.309 e. The maximum atomic E-state index is 11.6. The summed E-state index contributed by atoms with van der Waals surface area (Å²) in [4.78, 5) is 11.6. The molecule has 0 aromatic rings. The Morgan fingerprint density at radius 2 is 1.77 bits per heavy atom. The SMILES string of the molecule is CC[C@@H](C(=O)OC(C)(C)C)C(C)C. The number of rotatable bonds is 3. The van der Waals surface area contributed by atoms with Crippen LogP contribution in [0.25, 0.3) is 0 Å². The van der Waals surface area contributed by atoms with Crippen molar-refractivity contribution < 1.29 is 9.53 Å². The van der Waals surface area contributed by atoms with Gasteiger partial charge in [0.15, 0.2) is 0 Å². The van der Waals surface area contributed by atoms with Gasteiger partial charge in [-0.1, -0.05) is 20.8 Å². The van der Waals surface area contributed by atoms with Gasteiger partial charge in [0, 0.05) is 0 Å². The van der Waals surface area contributed by atoms with Gasteiger partial charge in [0.2, 0.25) is 0 Å². The van der Waals surface area contributed by atoms with Gasteiger partial charge in [-0.2, -0.15) is 0 Å². The zero-order valence-corrected chi connectivity index (χ0v) is 9.68. The Bertz CT molecular complexity index is 165. The number of ether oxygens (including phenoxy) is 1. The van der Waals surface area contributed by atoms with Crippen LogP contribution in [0.1, 0.15) is 48.0 Å². The molecule has 2 heteroatoms. The fourth-order valence-electron chi connectivity index (χ4n) is 1.29. The van der Waals surface area contributed by atoms with Crippen molar-refractivity contribution >= 4 is 5.97 Å². The van der Waals surface area contributed by atoms with Crippen LogP contribution in [0.3, 0.4) is 0 Å². The molecule has 0 bridgehead atoms. The summed E-state index contributed by atoms with van der Waals surface area (Å²) in [6.07, 6.45) is 0.854. The lowest BCUT2D eigenvalue weighted by Gasteiger charge is -2.25. The minimum Gasteiger partial charge on any atom is -0.460 e. The average Bonchev–Trinajstić information content (AvgIpc) is 1.82. The largest absolute Gasteiger partial charge is 0.460 e. The van der Waals surface area contributed by atoms with Crippen molar-refractivity contribution in [3.8, 4) is 0 Å². The van der Waals surface area contributed by atoms with Crippen LogP contribution >= 0.6 is 0 Å². The molecule has 0 aliphatic carbocycles. The molecule has 2 nitrogen and oxygen atoms in total. The van der Waals surface area contributed by atoms with Gasteiger partial charge in [0.05, 0.1) is 5.92 Å². The van der Waals surface area contributed by atoms with Crippen LogP contribution in [0.15, 0.2) is 0 Å². The second kappa shape index (κ2) is 4.64.